The lowest BCUT2D eigenvalue weighted by Crippen LogP contribution is -1.99. The van der Waals surface area contributed by atoms with Crippen molar-refractivity contribution in [2.45, 2.75) is 5.16 Å². The monoisotopic (exact) mass is 196 g/mol. The molecule has 0 fully saturated rings. The van der Waals surface area contributed by atoms with E-state index in [1.165, 1.54) is 11.8 Å². The Kier molecular flexibility index (Phi) is 1.80. The first-order valence-electron chi connectivity index (χ1n) is 3.59. The molecule has 0 aliphatic rings. The zero-order valence-corrected chi connectivity index (χ0v) is 8.04. The van der Waals surface area contributed by atoms with E-state index in [1.54, 1.807) is 11.7 Å². The van der Waals surface area contributed by atoms with Gasteiger partial charge in [0.05, 0.1) is 0 Å². The van der Waals surface area contributed by atoms with E-state index >= 15 is 0 Å². The maximum atomic E-state index is 5.71. The Balaban J connectivity index is 2.79. The van der Waals surface area contributed by atoms with Crippen molar-refractivity contribution < 1.29 is 0 Å². The maximum absolute atomic E-state index is 5.71. The molecule has 13 heavy (non-hydrogen) atoms. The van der Waals surface area contributed by atoms with E-state index in [-0.39, 0.29) is 0 Å². The van der Waals surface area contributed by atoms with Gasteiger partial charge in [-0.1, -0.05) is 17.0 Å². The van der Waals surface area contributed by atoms with Gasteiger partial charge in [0, 0.05) is 7.05 Å². The third-order valence-corrected chi connectivity index (χ3v) is 2.20. The third kappa shape index (κ3) is 1.21. The minimum atomic E-state index is 0.418. The van der Waals surface area contributed by atoms with Gasteiger partial charge >= 0.3 is 0 Å². The Morgan fingerprint density at radius 2 is 2.15 bits per heavy atom. The normalized spacial score (nSPS) is 10.9. The van der Waals surface area contributed by atoms with Crippen LogP contribution in [0.3, 0.4) is 0 Å². The van der Waals surface area contributed by atoms with Gasteiger partial charge in [0.15, 0.2) is 11.0 Å². The molecule has 0 radical (unpaired) electrons. The Labute approximate surface area is 78.5 Å². The summed E-state index contributed by atoms with van der Waals surface area (Å²) in [6.07, 6.45) is 1.89. The molecule has 2 N–H and O–H groups in total. The molecule has 0 atom stereocenters. The van der Waals surface area contributed by atoms with Crippen molar-refractivity contribution >= 4 is 28.7 Å². The molecule has 0 aliphatic heterocycles. The van der Waals surface area contributed by atoms with Crippen molar-refractivity contribution in [2.75, 3.05) is 12.0 Å². The van der Waals surface area contributed by atoms with E-state index in [0.717, 1.165) is 0 Å². The number of anilines is 1. The van der Waals surface area contributed by atoms with Gasteiger partial charge in [0.25, 0.3) is 0 Å². The number of fused-ring (bicyclic) bond motifs is 1. The number of nitrogen functional groups attached to an aromatic ring is 1. The Hall–Kier alpha value is -1.37. The van der Waals surface area contributed by atoms with E-state index in [2.05, 4.69) is 20.3 Å². The highest BCUT2D eigenvalue weighted by Crippen LogP contribution is 2.18. The van der Waals surface area contributed by atoms with Crippen molar-refractivity contribution in [3.8, 4) is 0 Å². The zero-order valence-electron chi connectivity index (χ0n) is 7.22. The molecule has 0 unspecified atom stereocenters. The molecule has 7 heteroatoms. The lowest BCUT2D eigenvalue weighted by molar-refractivity contribution is 0.736. The second-order valence-corrected chi connectivity index (χ2v) is 3.25. The molecule has 0 saturated carbocycles. The van der Waals surface area contributed by atoms with Gasteiger partial charge in [0.2, 0.25) is 5.65 Å². The first-order valence-corrected chi connectivity index (χ1v) is 4.81. The number of nitrogens with two attached hydrogens (primary N) is 1. The molecule has 2 heterocycles. The SMILES string of the molecule is CSc1nc(N)c2c(nnn2C)n1. The smallest absolute Gasteiger partial charge is 0.208 e. The maximum Gasteiger partial charge on any atom is 0.208 e. The van der Waals surface area contributed by atoms with Gasteiger partial charge < -0.3 is 5.73 Å². The van der Waals surface area contributed by atoms with Crippen molar-refractivity contribution in [3.05, 3.63) is 0 Å². The lowest BCUT2D eigenvalue weighted by Gasteiger charge is -1.98. The zero-order chi connectivity index (χ0) is 9.42. The summed E-state index contributed by atoms with van der Waals surface area (Å²) in [6, 6.07) is 0. The molecule has 0 aliphatic carbocycles. The number of hydrogen-bond donors (Lipinski definition) is 1. The van der Waals surface area contributed by atoms with Crippen LogP contribution < -0.4 is 5.73 Å². The van der Waals surface area contributed by atoms with Crippen LogP contribution in [0.4, 0.5) is 5.82 Å². The lowest BCUT2D eigenvalue weighted by atomic mass is 10.5. The van der Waals surface area contributed by atoms with Gasteiger partial charge in [-0.3, -0.25) is 0 Å². The summed E-state index contributed by atoms with van der Waals surface area (Å²) in [5.41, 5.74) is 6.93. The van der Waals surface area contributed by atoms with Crippen LogP contribution in [0.25, 0.3) is 11.2 Å². The van der Waals surface area contributed by atoms with E-state index in [1.807, 2.05) is 6.26 Å². The largest absolute Gasteiger partial charge is 0.382 e. The van der Waals surface area contributed by atoms with Crippen molar-refractivity contribution in [1.82, 2.24) is 25.0 Å². The van der Waals surface area contributed by atoms with Gasteiger partial charge in [-0.15, -0.1) is 5.10 Å². The highest BCUT2D eigenvalue weighted by atomic mass is 32.2. The fraction of sp³-hybridized carbons (Fsp3) is 0.333. The minimum absolute atomic E-state index is 0.418. The average Bonchev–Trinajstić information content (AvgIpc) is 2.48. The second-order valence-electron chi connectivity index (χ2n) is 2.48. The number of nitrogens with zero attached hydrogens (tertiary/aromatic N) is 5. The fourth-order valence-electron chi connectivity index (χ4n) is 1.06. The molecule has 0 saturated heterocycles. The summed E-state index contributed by atoms with van der Waals surface area (Å²) in [7, 11) is 1.76. The Bertz CT molecular complexity index is 450. The topological polar surface area (TPSA) is 82.5 Å². The van der Waals surface area contributed by atoms with Crippen molar-refractivity contribution in [2.24, 2.45) is 7.05 Å². The molecular weight excluding hydrogens is 188 g/mol. The van der Waals surface area contributed by atoms with Crippen LogP contribution >= 0.6 is 11.8 Å². The molecule has 2 aromatic rings. The van der Waals surface area contributed by atoms with Gasteiger partial charge in [-0.2, -0.15) is 4.98 Å². The third-order valence-electron chi connectivity index (χ3n) is 1.65. The van der Waals surface area contributed by atoms with E-state index < -0.39 is 0 Å². The summed E-state index contributed by atoms with van der Waals surface area (Å²) in [5.74, 6) is 0.418. The predicted octanol–water partition coefficient (Wildman–Crippen LogP) is 0.0624. The highest BCUT2D eigenvalue weighted by Gasteiger charge is 2.09. The molecule has 0 spiro atoms. The number of aryl methyl sites for hydroxylation is 1. The van der Waals surface area contributed by atoms with Gasteiger partial charge in [-0.25, -0.2) is 9.67 Å². The number of thioether (sulfide) groups is 1. The Morgan fingerprint density at radius 3 is 2.85 bits per heavy atom. The average molecular weight is 196 g/mol. The second kappa shape index (κ2) is 2.84. The number of hydrogen-bond acceptors (Lipinski definition) is 6. The van der Waals surface area contributed by atoms with Crippen molar-refractivity contribution in [3.63, 3.8) is 0 Å². The van der Waals surface area contributed by atoms with Crippen molar-refractivity contribution in [1.29, 1.82) is 0 Å². The molecule has 0 bridgehead atoms. The molecule has 2 rings (SSSR count). The van der Waals surface area contributed by atoms with Gasteiger partial charge in [0.1, 0.15) is 5.52 Å². The van der Waals surface area contributed by atoms with Crippen LogP contribution in [-0.2, 0) is 7.05 Å². The molecule has 68 valence electrons. The first-order chi connectivity index (χ1) is 6.22. The minimum Gasteiger partial charge on any atom is -0.382 e. The van der Waals surface area contributed by atoms with Crippen LogP contribution in [0.15, 0.2) is 5.16 Å². The first kappa shape index (κ1) is 8.24. The molecular formula is C6H8N6S. The quantitative estimate of drug-likeness (QED) is 0.513. The number of rotatable bonds is 1. The summed E-state index contributed by atoms with van der Waals surface area (Å²) < 4.78 is 1.56. The van der Waals surface area contributed by atoms with E-state index in [0.29, 0.717) is 22.1 Å². The van der Waals surface area contributed by atoms with Crippen LogP contribution in [0.5, 0.6) is 0 Å². The van der Waals surface area contributed by atoms with Crippen LogP contribution in [0.1, 0.15) is 0 Å². The summed E-state index contributed by atoms with van der Waals surface area (Å²) in [4.78, 5) is 8.23. The standard InChI is InChI=1S/C6H8N6S/c1-12-3-4(7)8-6(13-2)9-5(3)10-11-12/h1-2H3,(H2,7,8,9). The van der Waals surface area contributed by atoms with Gasteiger partial charge in [-0.05, 0) is 6.26 Å². The summed E-state index contributed by atoms with van der Waals surface area (Å²) in [5, 5.41) is 8.28. The fourth-order valence-corrected chi connectivity index (χ4v) is 1.43. The highest BCUT2D eigenvalue weighted by molar-refractivity contribution is 7.98. The Morgan fingerprint density at radius 1 is 1.38 bits per heavy atom. The molecule has 2 aromatic heterocycles. The van der Waals surface area contributed by atoms with Crippen LogP contribution in [0, 0.1) is 0 Å². The van der Waals surface area contributed by atoms with Crippen LogP contribution in [-0.4, -0.2) is 31.2 Å². The molecule has 6 nitrogen and oxygen atoms in total. The van der Waals surface area contributed by atoms with E-state index in [4.69, 9.17) is 5.73 Å². The van der Waals surface area contributed by atoms with Crippen LogP contribution in [0.2, 0.25) is 0 Å². The molecule has 0 amide bonds. The van der Waals surface area contributed by atoms with E-state index in [9.17, 15) is 0 Å². The summed E-state index contributed by atoms with van der Waals surface area (Å²) >= 11 is 1.43. The molecule has 0 aromatic carbocycles. The number of aromatic nitrogens is 5. The predicted molar refractivity (Wildman–Crippen MR) is 50.3 cm³/mol. The summed E-state index contributed by atoms with van der Waals surface area (Å²) in [6.45, 7) is 0.